The van der Waals surface area contributed by atoms with Gasteiger partial charge in [-0.3, -0.25) is 9.59 Å². The molecule has 0 spiro atoms. The number of amides is 4. The first-order valence-corrected chi connectivity index (χ1v) is 11.0. The van der Waals surface area contributed by atoms with E-state index in [9.17, 15) is 14.4 Å². The Morgan fingerprint density at radius 2 is 1.88 bits per heavy atom. The second kappa shape index (κ2) is 10.9. The minimum Gasteiger partial charge on any atom is -0.495 e. The predicted molar refractivity (Wildman–Crippen MR) is 128 cm³/mol. The second-order valence-corrected chi connectivity index (χ2v) is 7.91. The second-order valence-electron chi connectivity index (χ2n) is 7.50. The molecule has 0 aliphatic carbocycles. The first kappa shape index (κ1) is 24.9. The van der Waals surface area contributed by atoms with Gasteiger partial charge in [-0.2, -0.15) is 0 Å². The predicted octanol–water partition coefficient (Wildman–Crippen LogP) is 4.07. The number of hydrogen-bond donors (Lipinski definition) is 2. The van der Waals surface area contributed by atoms with Crippen LogP contribution in [0.25, 0.3) is 6.08 Å². The average molecular weight is 488 g/mol. The molecule has 9 nitrogen and oxygen atoms in total. The zero-order valence-corrected chi connectivity index (χ0v) is 20.1. The molecule has 1 saturated heterocycles. The number of para-hydroxylation sites is 2. The van der Waals surface area contributed by atoms with Gasteiger partial charge in [0.1, 0.15) is 18.0 Å². The summed E-state index contributed by atoms with van der Waals surface area (Å²) in [7, 11) is 2.96. The lowest BCUT2D eigenvalue weighted by Crippen LogP contribution is -2.38. The van der Waals surface area contributed by atoms with Gasteiger partial charge in [-0.05, 0) is 49.2 Å². The van der Waals surface area contributed by atoms with Crippen molar-refractivity contribution >= 4 is 41.2 Å². The molecule has 0 aromatic heterocycles. The van der Waals surface area contributed by atoms with Gasteiger partial charge in [0, 0.05) is 0 Å². The number of rotatable bonds is 9. The van der Waals surface area contributed by atoms with Gasteiger partial charge in [0.15, 0.2) is 11.5 Å². The molecular formula is C24H26ClN3O6. The van der Waals surface area contributed by atoms with Crippen molar-refractivity contribution < 1.29 is 28.6 Å². The number of hydrogen-bond acceptors (Lipinski definition) is 6. The number of anilines is 1. The van der Waals surface area contributed by atoms with Crippen molar-refractivity contribution in [3.05, 3.63) is 52.7 Å². The molecule has 10 heteroatoms. The molecule has 2 aromatic carbocycles. The third kappa shape index (κ3) is 5.60. The van der Waals surface area contributed by atoms with Gasteiger partial charge >= 0.3 is 6.03 Å². The number of nitrogens with one attached hydrogen (secondary N) is 2. The summed E-state index contributed by atoms with van der Waals surface area (Å²) in [6.45, 7) is 3.43. The maximum atomic E-state index is 12.8. The Hall–Kier alpha value is -3.72. The summed E-state index contributed by atoms with van der Waals surface area (Å²) >= 11 is 6.38. The number of methoxy groups -OCH3 is 2. The van der Waals surface area contributed by atoms with Gasteiger partial charge in [0.05, 0.1) is 31.0 Å². The van der Waals surface area contributed by atoms with Crippen LogP contribution in [0.3, 0.4) is 0 Å². The largest absolute Gasteiger partial charge is 0.495 e. The van der Waals surface area contributed by atoms with Crippen molar-refractivity contribution in [2.75, 3.05) is 26.1 Å². The number of ether oxygens (including phenoxy) is 3. The first-order valence-electron chi connectivity index (χ1n) is 10.6. The Labute approximate surface area is 202 Å². The van der Waals surface area contributed by atoms with E-state index in [2.05, 4.69) is 10.6 Å². The summed E-state index contributed by atoms with van der Waals surface area (Å²) in [6, 6.07) is 9.36. The van der Waals surface area contributed by atoms with Crippen LogP contribution in [0.4, 0.5) is 10.5 Å². The fourth-order valence-electron chi connectivity index (χ4n) is 3.19. The van der Waals surface area contributed by atoms with Crippen LogP contribution in [0, 0.1) is 0 Å². The molecule has 0 radical (unpaired) electrons. The molecular weight excluding hydrogens is 462 g/mol. The number of urea groups is 1. The van der Waals surface area contributed by atoms with E-state index in [0.717, 1.165) is 11.3 Å². The van der Waals surface area contributed by atoms with Crippen molar-refractivity contribution in [3.8, 4) is 17.2 Å². The molecule has 2 N–H and O–H groups in total. The Kier molecular flexibility index (Phi) is 8.01. The Morgan fingerprint density at radius 1 is 1.18 bits per heavy atom. The van der Waals surface area contributed by atoms with E-state index in [1.165, 1.54) is 20.3 Å². The average Bonchev–Trinajstić information content (AvgIpc) is 3.07. The first-order chi connectivity index (χ1) is 16.3. The smallest absolute Gasteiger partial charge is 0.329 e. The maximum Gasteiger partial charge on any atom is 0.329 e. The number of halogens is 1. The summed E-state index contributed by atoms with van der Waals surface area (Å²) in [4.78, 5) is 38.5. The number of benzene rings is 2. The lowest BCUT2D eigenvalue weighted by molar-refractivity contribution is -0.127. The minimum atomic E-state index is -0.707. The topological polar surface area (TPSA) is 106 Å². The zero-order chi connectivity index (χ0) is 24.8. The van der Waals surface area contributed by atoms with Crippen LogP contribution in [0.5, 0.6) is 17.2 Å². The fourth-order valence-corrected chi connectivity index (χ4v) is 3.45. The van der Waals surface area contributed by atoms with Gasteiger partial charge in [-0.25, -0.2) is 9.69 Å². The lowest BCUT2D eigenvalue weighted by atomic mass is 10.1. The molecule has 1 heterocycles. The molecule has 0 saturated carbocycles. The Morgan fingerprint density at radius 3 is 2.56 bits per heavy atom. The minimum absolute atomic E-state index is 0.00352. The van der Waals surface area contributed by atoms with E-state index in [0.29, 0.717) is 33.5 Å². The van der Waals surface area contributed by atoms with E-state index in [4.69, 9.17) is 25.8 Å². The fraction of sp³-hybridized carbons (Fsp3) is 0.292. The monoisotopic (exact) mass is 487 g/mol. The van der Waals surface area contributed by atoms with E-state index in [1.807, 2.05) is 13.8 Å². The van der Waals surface area contributed by atoms with Crippen LogP contribution < -0.4 is 24.8 Å². The van der Waals surface area contributed by atoms with E-state index < -0.39 is 24.4 Å². The third-order valence-corrected chi connectivity index (χ3v) is 5.38. The molecule has 0 bridgehead atoms. The van der Waals surface area contributed by atoms with E-state index >= 15 is 0 Å². The molecule has 1 fully saturated rings. The summed E-state index contributed by atoms with van der Waals surface area (Å²) in [6.07, 6.45) is 2.17. The van der Waals surface area contributed by atoms with E-state index in [-0.39, 0.29) is 11.8 Å². The highest BCUT2D eigenvalue weighted by molar-refractivity contribution is 6.32. The van der Waals surface area contributed by atoms with Crippen molar-refractivity contribution in [1.82, 2.24) is 10.2 Å². The molecule has 1 aliphatic heterocycles. The Balaban J connectivity index is 1.76. The van der Waals surface area contributed by atoms with Crippen molar-refractivity contribution in [3.63, 3.8) is 0 Å². The van der Waals surface area contributed by atoms with Crippen LogP contribution in [-0.4, -0.2) is 49.6 Å². The van der Waals surface area contributed by atoms with Crippen LogP contribution in [-0.2, 0) is 9.59 Å². The maximum absolute atomic E-state index is 12.8. The Bertz CT molecular complexity index is 1130. The van der Waals surface area contributed by atoms with Gasteiger partial charge in [0.2, 0.25) is 5.91 Å². The highest BCUT2D eigenvalue weighted by Gasteiger charge is 2.35. The molecule has 180 valence electrons. The van der Waals surface area contributed by atoms with Crippen molar-refractivity contribution in [2.45, 2.75) is 26.4 Å². The molecule has 1 atom stereocenters. The van der Waals surface area contributed by atoms with Crippen LogP contribution in [0.2, 0.25) is 5.02 Å². The van der Waals surface area contributed by atoms with Crippen molar-refractivity contribution in [1.29, 1.82) is 0 Å². The molecule has 1 aliphatic rings. The van der Waals surface area contributed by atoms with Gasteiger partial charge < -0.3 is 24.8 Å². The number of imide groups is 1. The lowest BCUT2D eigenvalue weighted by Gasteiger charge is -2.17. The summed E-state index contributed by atoms with van der Waals surface area (Å²) in [5.74, 6) is 0.0578. The number of carbonyl (C=O) groups excluding carboxylic acids is 3. The molecule has 4 amide bonds. The normalized spacial score (nSPS) is 15.2. The highest BCUT2D eigenvalue weighted by atomic mass is 35.5. The van der Waals surface area contributed by atoms with Crippen molar-refractivity contribution in [2.24, 2.45) is 0 Å². The summed E-state index contributed by atoms with van der Waals surface area (Å²) in [5, 5.41) is 5.43. The molecule has 34 heavy (non-hydrogen) atoms. The van der Waals surface area contributed by atoms with Crippen LogP contribution in [0.1, 0.15) is 25.8 Å². The van der Waals surface area contributed by atoms with E-state index in [1.54, 1.807) is 36.4 Å². The van der Waals surface area contributed by atoms with Gasteiger partial charge in [0.25, 0.3) is 5.91 Å². The number of nitrogens with zero attached hydrogens (tertiary/aromatic N) is 1. The molecule has 2 aromatic rings. The molecule has 0 unspecified atom stereocenters. The van der Waals surface area contributed by atoms with Gasteiger partial charge in [-0.1, -0.05) is 30.7 Å². The summed E-state index contributed by atoms with van der Waals surface area (Å²) < 4.78 is 16.4. The molecule has 3 rings (SSSR count). The highest BCUT2D eigenvalue weighted by Crippen LogP contribution is 2.38. The van der Waals surface area contributed by atoms with Gasteiger partial charge in [-0.15, -0.1) is 0 Å². The third-order valence-electron chi connectivity index (χ3n) is 5.10. The standard InChI is InChI=1S/C24H26ClN3O6/c1-5-14(2)34-22-16(25)10-15(12-20(22)33-4)11-18-23(30)28(24(31)27-18)13-21(29)26-17-8-6-7-9-19(17)32-3/h6-12,14H,5,13H2,1-4H3,(H,26,29)(H,27,31)/b18-11+/t14-/m1/s1. The number of carbonyl (C=O) groups is 3. The van der Waals surface area contributed by atoms with Crippen LogP contribution >= 0.6 is 11.6 Å². The quantitative estimate of drug-likeness (QED) is 0.408. The zero-order valence-electron chi connectivity index (χ0n) is 19.3. The SMILES string of the molecule is CC[C@@H](C)Oc1c(Cl)cc(/C=C2/NC(=O)N(CC(=O)Nc3ccccc3OC)C2=O)cc1OC. The summed E-state index contributed by atoms with van der Waals surface area (Å²) in [5.41, 5.74) is 0.949. The van der Waals surface area contributed by atoms with Crippen LogP contribution in [0.15, 0.2) is 42.1 Å².